The lowest BCUT2D eigenvalue weighted by Crippen LogP contribution is -2.40. The maximum Gasteiger partial charge on any atom is 0.326 e. The monoisotopic (exact) mass is 356 g/mol. The van der Waals surface area contributed by atoms with Gasteiger partial charge < -0.3 is 20.1 Å². The smallest absolute Gasteiger partial charge is 0.326 e. The van der Waals surface area contributed by atoms with E-state index in [0.717, 1.165) is 5.56 Å². The predicted molar refractivity (Wildman–Crippen MR) is 102 cm³/mol. The molecule has 1 unspecified atom stereocenters. The number of aliphatic carboxylic acids is 1. The van der Waals surface area contributed by atoms with Crippen LogP contribution in [0.3, 0.4) is 0 Å². The van der Waals surface area contributed by atoms with Gasteiger partial charge in [-0.15, -0.1) is 0 Å². The quantitative estimate of drug-likeness (QED) is 0.756. The Morgan fingerprint density at radius 2 is 1.88 bits per heavy atom. The second-order valence-electron chi connectivity index (χ2n) is 5.94. The molecule has 138 valence electrons. The molecule has 0 saturated heterocycles. The molecular formula is C20H24N2O4. The highest BCUT2D eigenvalue weighted by molar-refractivity contribution is 5.90. The van der Waals surface area contributed by atoms with Crippen molar-refractivity contribution in [1.82, 2.24) is 0 Å². The summed E-state index contributed by atoms with van der Waals surface area (Å²) < 4.78 is 5.45. The summed E-state index contributed by atoms with van der Waals surface area (Å²) in [7, 11) is 1.54. The summed E-state index contributed by atoms with van der Waals surface area (Å²) in [6.07, 6.45) is 0.426. The average Bonchev–Trinajstić information content (AvgIpc) is 2.61. The molecule has 1 amide bonds. The molecule has 0 aliphatic heterocycles. The number of carbonyl (C=O) groups is 2. The molecule has 0 radical (unpaired) electrons. The highest BCUT2D eigenvalue weighted by Gasteiger charge is 2.27. The van der Waals surface area contributed by atoms with Crippen molar-refractivity contribution in [2.24, 2.45) is 0 Å². The average molecular weight is 356 g/mol. The van der Waals surface area contributed by atoms with Gasteiger partial charge in [0.05, 0.1) is 12.8 Å². The van der Waals surface area contributed by atoms with Gasteiger partial charge >= 0.3 is 5.97 Å². The van der Waals surface area contributed by atoms with Crippen LogP contribution in [0.1, 0.15) is 25.8 Å². The van der Waals surface area contributed by atoms with E-state index in [0.29, 0.717) is 30.1 Å². The molecule has 2 aromatic rings. The van der Waals surface area contributed by atoms with Crippen LogP contribution in [0.4, 0.5) is 11.4 Å². The zero-order valence-corrected chi connectivity index (χ0v) is 15.2. The van der Waals surface area contributed by atoms with E-state index in [1.165, 1.54) is 6.92 Å². The largest absolute Gasteiger partial charge is 0.495 e. The summed E-state index contributed by atoms with van der Waals surface area (Å²) in [6.45, 7) is 3.67. The predicted octanol–water partition coefficient (Wildman–Crippen LogP) is 3.52. The van der Waals surface area contributed by atoms with Gasteiger partial charge in [0.2, 0.25) is 5.91 Å². The maximum absolute atomic E-state index is 11.8. The molecular weight excluding hydrogens is 332 g/mol. The number of methoxy groups -OCH3 is 1. The minimum atomic E-state index is -0.907. The van der Waals surface area contributed by atoms with Crippen molar-refractivity contribution in [3.63, 3.8) is 0 Å². The number of carboxylic acid groups (broad SMARTS) is 1. The second kappa shape index (κ2) is 8.89. The molecule has 26 heavy (non-hydrogen) atoms. The van der Waals surface area contributed by atoms with Gasteiger partial charge in [-0.1, -0.05) is 37.3 Å². The lowest BCUT2D eigenvalue weighted by molar-refractivity contribution is -0.138. The summed E-state index contributed by atoms with van der Waals surface area (Å²) in [5, 5.41) is 12.4. The number of carbonyl (C=O) groups excluding carboxylic acids is 1. The van der Waals surface area contributed by atoms with Gasteiger partial charge in [0.15, 0.2) is 0 Å². The fraction of sp³-hybridized carbons (Fsp3) is 0.300. The van der Waals surface area contributed by atoms with Crippen molar-refractivity contribution in [1.29, 1.82) is 0 Å². The van der Waals surface area contributed by atoms with Crippen LogP contribution in [-0.2, 0) is 16.1 Å². The Labute approximate surface area is 153 Å². The van der Waals surface area contributed by atoms with Crippen LogP contribution >= 0.6 is 0 Å². The summed E-state index contributed by atoms with van der Waals surface area (Å²) in [4.78, 5) is 25.0. The van der Waals surface area contributed by atoms with Crippen LogP contribution in [0, 0.1) is 0 Å². The molecule has 0 bridgehead atoms. The van der Waals surface area contributed by atoms with E-state index in [9.17, 15) is 14.7 Å². The standard InChI is InChI=1S/C20H24N2O4/c1-4-17(20(24)25)22(13-15-8-6-5-7-9-15)18-12-16(21-14(2)23)10-11-19(18)26-3/h5-12,17H,4,13H2,1-3H3,(H,21,23)(H,24,25). The SMILES string of the molecule is CCC(C(=O)O)N(Cc1ccccc1)c1cc(NC(C)=O)ccc1OC. The Morgan fingerprint density at radius 1 is 1.19 bits per heavy atom. The lowest BCUT2D eigenvalue weighted by Gasteiger charge is -2.32. The maximum atomic E-state index is 11.8. The van der Waals surface area contributed by atoms with Crippen LogP contribution in [-0.4, -0.2) is 30.1 Å². The molecule has 6 nitrogen and oxygen atoms in total. The normalized spacial score (nSPS) is 11.5. The van der Waals surface area contributed by atoms with E-state index < -0.39 is 12.0 Å². The van der Waals surface area contributed by atoms with Gasteiger partial charge in [0.1, 0.15) is 11.8 Å². The first-order valence-electron chi connectivity index (χ1n) is 8.45. The number of hydrogen-bond donors (Lipinski definition) is 2. The van der Waals surface area contributed by atoms with E-state index >= 15 is 0 Å². The number of anilines is 2. The van der Waals surface area contributed by atoms with Gasteiger partial charge in [-0.25, -0.2) is 4.79 Å². The number of hydrogen-bond acceptors (Lipinski definition) is 4. The van der Waals surface area contributed by atoms with Crippen molar-refractivity contribution < 1.29 is 19.4 Å². The van der Waals surface area contributed by atoms with Crippen molar-refractivity contribution >= 4 is 23.3 Å². The zero-order chi connectivity index (χ0) is 19.1. The first-order chi connectivity index (χ1) is 12.5. The Kier molecular flexibility index (Phi) is 6.60. The van der Waals surface area contributed by atoms with Crippen LogP contribution in [0.25, 0.3) is 0 Å². The molecule has 0 heterocycles. The molecule has 0 aliphatic rings. The molecule has 2 N–H and O–H groups in total. The van der Waals surface area contributed by atoms with Crippen molar-refractivity contribution in [2.75, 3.05) is 17.3 Å². The summed E-state index contributed by atoms with van der Waals surface area (Å²) in [5.41, 5.74) is 2.20. The van der Waals surface area contributed by atoms with E-state index in [1.54, 1.807) is 30.2 Å². The fourth-order valence-electron chi connectivity index (χ4n) is 2.87. The highest BCUT2D eigenvalue weighted by Crippen LogP contribution is 2.34. The van der Waals surface area contributed by atoms with Gasteiger partial charge in [-0.2, -0.15) is 0 Å². The number of benzene rings is 2. The van der Waals surface area contributed by atoms with Gasteiger partial charge in [0, 0.05) is 19.2 Å². The Balaban J connectivity index is 2.52. The highest BCUT2D eigenvalue weighted by atomic mass is 16.5. The van der Waals surface area contributed by atoms with Crippen LogP contribution < -0.4 is 15.0 Å². The second-order valence-corrected chi connectivity index (χ2v) is 5.94. The Morgan fingerprint density at radius 3 is 2.42 bits per heavy atom. The van der Waals surface area contributed by atoms with Crippen molar-refractivity contribution in [2.45, 2.75) is 32.9 Å². The molecule has 0 aliphatic carbocycles. The van der Waals surface area contributed by atoms with Crippen LogP contribution in [0.5, 0.6) is 5.75 Å². The summed E-state index contributed by atoms with van der Waals surface area (Å²) in [5.74, 6) is -0.550. The first kappa shape index (κ1) is 19.3. The molecule has 0 spiro atoms. The van der Waals surface area contributed by atoms with E-state index in [-0.39, 0.29) is 5.91 Å². The van der Waals surface area contributed by atoms with Crippen LogP contribution in [0.2, 0.25) is 0 Å². The molecule has 0 saturated carbocycles. The summed E-state index contributed by atoms with van der Waals surface area (Å²) in [6, 6.07) is 14.1. The lowest BCUT2D eigenvalue weighted by atomic mass is 10.1. The molecule has 0 aromatic heterocycles. The van der Waals surface area contributed by atoms with E-state index in [1.807, 2.05) is 37.3 Å². The molecule has 6 heteroatoms. The summed E-state index contributed by atoms with van der Waals surface area (Å²) >= 11 is 0. The number of nitrogens with one attached hydrogen (secondary N) is 1. The topological polar surface area (TPSA) is 78.9 Å². The minimum absolute atomic E-state index is 0.194. The van der Waals surface area contributed by atoms with Crippen molar-refractivity contribution in [3.05, 3.63) is 54.1 Å². The molecule has 2 aromatic carbocycles. The van der Waals surface area contributed by atoms with Gasteiger partial charge in [0.25, 0.3) is 0 Å². The third-order valence-electron chi connectivity index (χ3n) is 4.05. The number of carboxylic acids is 1. The van der Waals surface area contributed by atoms with Gasteiger partial charge in [-0.3, -0.25) is 4.79 Å². The third-order valence-corrected chi connectivity index (χ3v) is 4.05. The Hall–Kier alpha value is -3.02. The number of ether oxygens (including phenoxy) is 1. The van der Waals surface area contributed by atoms with E-state index in [4.69, 9.17) is 4.74 Å². The molecule has 1 atom stereocenters. The first-order valence-corrected chi connectivity index (χ1v) is 8.45. The van der Waals surface area contributed by atoms with Crippen LogP contribution in [0.15, 0.2) is 48.5 Å². The molecule has 0 fully saturated rings. The van der Waals surface area contributed by atoms with Crippen molar-refractivity contribution in [3.8, 4) is 5.75 Å². The fourth-order valence-corrected chi connectivity index (χ4v) is 2.87. The number of nitrogens with zero attached hydrogens (tertiary/aromatic N) is 1. The molecule has 2 rings (SSSR count). The Bertz CT molecular complexity index is 762. The minimum Gasteiger partial charge on any atom is -0.495 e. The zero-order valence-electron chi connectivity index (χ0n) is 15.2. The third kappa shape index (κ3) is 4.75. The number of rotatable bonds is 8. The van der Waals surface area contributed by atoms with Gasteiger partial charge in [-0.05, 0) is 30.2 Å². The van der Waals surface area contributed by atoms with E-state index in [2.05, 4.69) is 5.32 Å². The number of amides is 1.